The van der Waals surface area contributed by atoms with Crippen molar-refractivity contribution in [3.63, 3.8) is 0 Å². The highest BCUT2D eigenvalue weighted by Gasteiger charge is 2.19. The van der Waals surface area contributed by atoms with Crippen LogP contribution in [-0.2, 0) is 0 Å². The monoisotopic (exact) mass is 431 g/mol. The van der Waals surface area contributed by atoms with Crippen LogP contribution < -0.4 is 5.73 Å². The number of hydrogen-bond acceptors (Lipinski definition) is 8. The number of nitrogens with zero attached hydrogens (tertiary/aromatic N) is 4. The van der Waals surface area contributed by atoms with E-state index in [1.165, 1.54) is 21.8 Å². The van der Waals surface area contributed by atoms with Gasteiger partial charge in [0.05, 0.1) is 16.3 Å². The summed E-state index contributed by atoms with van der Waals surface area (Å²) in [4.78, 5) is 11.5. The van der Waals surface area contributed by atoms with Crippen LogP contribution in [0.3, 0.4) is 0 Å². The van der Waals surface area contributed by atoms with Crippen molar-refractivity contribution in [2.45, 2.75) is 30.4 Å². The van der Waals surface area contributed by atoms with E-state index < -0.39 is 0 Å². The zero-order chi connectivity index (χ0) is 19.1. The molecule has 3 heterocycles. The Kier molecular flexibility index (Phi) is 5.02. The average Bonchev–Trinajstić information content (AvgIpc) is 3.15. The van der Waals surface area contributed by atoms with Crippen LogP contribution in [0.2, 0.25) is 0 Å². The molecule has 0 bridgehead atoms. The zero-order valence-corrected chi connectivity index (χ0v) is 18.2. The van der Waals surface area contributed by atoms with Gasteiger partial charge < -0.3 is 5.73 Å². The Morgan fingerprint density at radius 3 is 2.63 bits per heavy atom. The second kappa shape index (κ2) is 7.31. The van der Waals surface area contributed by atoms with Gasteiger partial charge in [0.2, 0.25) is 0 Å². The van der Waals surface area contributed by atoms with Crippen LogP contribution in [0, 0.1) is 17.8 Å². The van der Waals surface area contributed by atoms with Crippen molar-refractivity contribution in [2.24, 2.45) is 0 Å². The van der Waals surface area contributed by atoms with E-state index in [1.807, 2.05) is 30.3 Å². The lowest BCUT2D eigenvalue weighted by molar-refractivity contribution is 0.826. The average molecular weight is 432 g/mol. The number of rotatable bonds is 4. The summed E-state index contributed by atoms with van der Waals surface area (Å²) in [6, 6.07) is 9.91. The van der Waals surface area contributed by atoms with Gasteiger partial charge in [-0.1, -0.05) is 41.3 Å². The van der Waals surface area contributed by atoms with E-state index in [2.05, 4.69) is 30.9 Å². The Balaban J connectivity index is 1.64. The van der Waals surface area contributed by atoms with E-state index in [9.17, 15) is 0 Å². The number of nitrogen functional groups attached to an aromatic ring is 1. The quantitative estimate of drug-likeness (QED) is 0.329. The van der Waals surface area contributed by atoms with Gasteiger partial charge in [-0.15, -0.1) is 16.4 Å². The molecule has 3 aromatic heterocycles. The lowest BCUT2D eigenvalue weighted by Gasteiger charge is -2.09. The minimum Gasteiger partial charge on any atom is -0.383 e. The molecule has 4 rings (SSSR count). The van der Waals surface area contributed by atoms with Crippen molar-refractivity contribution in [1.82, 2.24) is 19.7 Å². The van der Waals surface area contributed by atoms with E-state index in [4.69, 9.17) is 22.9 Å². The molecule has 1 unspecified atom stereocenters. The third-order valence-electron chi connectivity index (χ3n) is 4.25. The van der Waals surface area contributed by atoms with Crippen LogP contribution in [0.5, 0.6) is 0 Å². The van der Waals surface area contributed by atoms with E-state index in [0.29, 0.717) is 5.82 Å². The van der Waals surface area contributed by atoms with Crippen molar-refractivity contribution in [3.05, 3.63) is 50.6 Å². The Hall–Kier alpha value is -1.81. The van der Waals surface area contributed by atoms with Crippen LogP contribution in [0.15, 0.2) is 34.7 Å². The summed E-state index contributed by atoms with van der Waals surface area (Å²) in [6.07, 6.45) is 0. The maximum absolute atomic E-state index is 6.22. The molecule has 1 aromatic carbocycles. The lowest BCUT2D eigenvalue weighted by atomic mass is 10.2. The molecule has 0 saturated carbocycles. The van der Waals surface area contributed by atoms with Crippen molar-refractivity contribution in [1.29, 1.82) is 0 Å². The van der Waals surface area contributed by atoms with Gasteiger partial charge in [0.25, 0.3) is 0 Å². The largest absolute Gasteiger partial charge is 0.383 e. The van der Waals surface area contributed by atoms with E-state index >= 15 is 0 Å². The van der Waals surface area contributed by atoms with Crippen molar-refractivity contribution < 1.29 is 0 Å². The highest BCUT2D eigenvalue weighted by atomic mass is 32.2. The Labute approximate surface area is 174 Å². The summed E-state index contributed by atoms with van der Waals surface area (Å²) in [5, 5.41) is 5.65. The number of fused-ring (bicyclic) bond motifs is 1. The highest BCUT2D eigenvalue weighted by molar-refractivity contribution is 8.01. The van der Waals surface area contributed by atoms with Gasteiger partial charge in [-0.05, 0) is 50.7 Å². The molecule has 0 aliphatic heterocycles. The fraction of sp³-hybridized carbons (Fsp3) is 0.222. The molecular weight excluding hydrogens is 415 g/mol. The first kappa shape index (κ1) is 18.5. The van der Waals surface area contributed by atoms with Crippen LogP contribution in [0.25, 0.3) is 15.9 Å². The lowest BCUT2D eigenvalue weighted by Crippen LogP contribution is -2.02. The molecule has 0 amide bonds. The smallest absolute Gasteiger partial charge is 0.184 e. The number of hydrogen-bond donors (Lipinski definition) is 1. The third kappa shape index (κ3) is 3.52. The van der Waals surface area contributed by atoms with Crippen molar-refractivity contribution >= 4 is 62.7 Å². The number of aromatic nitrogens is 4. The van der Waals surface area contributed by atoms with Crippen molar-refractivity contribution in [2.75, 3.05) is 5.73 Å². The number of nitrogens with two attached hydrogens (primary N) is 1. The molecule has 0 spiro atoms. The molecule has 138 valence electrons. The molecule has 2 N–H and O–H groups in total. The number of benzene rings is 1. The maximum Gasteiger partial charge on any atom is 0.184 e. The first-order valence-electron chi connectivity index (χ1n) is 8.29. The number of para-hydroxylation sites is 1. The minimum atomic E-state index is 0.0178. The third-order valence-corrected chi connectivity index (χ3v) is 7.76. The van der Waals surface area contributed by atoms with Crippen LogP contribution >= 0.6 is 46.7 Å². The van der Waals surface area contributed by atoms with Crippen LogP contribution in [-0.4, -0.2) is 19.7 Å². The van der Waals surface area contributed by atoms with E-state index in [-0.39, 0.29) is 5.25 Å². The summed E-state index contributed by atoms with van der Waals surface area (Å²) in [5.41, 5.74) is 8.35. The second-order valence-corrected chi connectivity index (χ2v) is 10.5. The van der Waals surface area contributed by atoms with Crippen LogP contribution in [0.4, 0.5) is 5.82 Å². The molecule has 0 radical (unpaired) electrons. The van der Waals surface area contributed by atoms with Crippen LogP contribution in [0.1, 0.15) is 28.4 Å². The van der Waals surface area contributed by atoms with Gasteiger partial charge in [-0.25, -0.2) is 14.6 Å². The van der Waals surface area contributed by atoms with E-state index in [1.54, 1.807) is 27.8 Å². The zero-order valence-electron chi connectivity index (χ0n) is 15.0. The standard InChI is InChI=1S/C18H17N5S4/c1-9-10(2)25-16-13(9)14(19)20-15(21-16)11(3)26-17-22-23(18(24)27-17)12-7-5-4-6-8-12/h4-8,11H,1-3H3,(H2,19,20,21). The fourth-order valence-corrected chi connectivity index (χ4v) is 6.32. The topological polar surface area (TPSA) is 69.6 Å². The first-order valence-corrected chi connectivity index (χ1v) is 11.2. The summed E-state index contributed by atoms with van der Waals surface area (Å²) in [7, 11) is 0. The fourth-order valence-electron chi connectivity index (χ4n) is 2.72. The van der Waals surface area contributed by atoms with Gasteiger partial charge in [0, 0.05) is 4.88 Å². The molecule has 4 aromatic rings. The highest BCUT2D eigenvalue weighted by Crippen LogP contribution is 2.38. The molecular formula is C18H17N5S4. The predicted molar refractivity (Wildman–Crippen MR) is 118 cm³/mol. The van der Waals surface area contributed by atoms with Gasteiger partial charge in [-0.2, -0.15) is 0 Å². The molecule has 0 aliphatic carbocycles. The summed E-state index contributed by atoms with van der Waals surface area (Å²) in [6.45, 7) is 6.21. The molecule has 27 heavy (non-hydrogen) atoms. The molecule has 1 atom stereocenters. The molecule has 9 heteroatoms. The molecule has 5 nitrogen and oxygen atoms in total. The number of anilines is 1. The SMILES string of the molecule is Cc1sc2nc(C(C)Sc3nn(-c4ccccc4)c(=S)s3)nc(N)c2c1C. The van der Waals surface area contributed by atoms with Gasteiger partial charge in [0.1, 0.15) is 16.5 Å². The number of thiophene rings is 1. The maximum atomic E-state index is 6.22. The number of aryl methyl sites for hydroxylation is 2. The minimum absolute atomic E-state index is 0.0178. The molecule has 0 aliphatic rings. The first-order chi connectivity index (χ1) is 12.9. The predicted octanol–water partition coefficient (Wildman–Crippen LogP) is 5.72. The van der Waals surface area contributed by atoms with Gasteiger partial charge >= 0.3 is 0 Å². The summed E-state index contributed by atoms with van der Waals surface area (Å²) < 4.78 is 3.40. The Morgan fingerprint density at radius 2 is 1.89 bits per heavy atom. The molecule has 0 saturated heterocycles. The van der Waals surface area contributed by atoms with E-state index in [0.717, 1.165) is 30.0 Å². The Bertz CT molecular complexity index is 1180. The number of thioether (sulfide) groups is 1. The van der Waals surface area contributed by atoms with Crippen molar-refractivity contribution in [3.8, 4) is 5.69 Å². The van der Waals surface area contributed by atoms with Gasteiger partial charge in [0.15, 0.2) is 8.29 Å². The summed E-state index contributed by atoms with van der Waals surface area (Å²) in [5.74, 6) is 1.27. The van der Waals surface area contributed by atoms with Gasteiger partial charge in [-0.3, -0.25) is 0 Å². The normalized spacial score (nSPS) is 12.6. The summed E-state index contributed by atoms with van der Waals surface area (Å²) >= 11 is 10.2. The molecule has 0 fully saturated rings. The second-order valence-electron chi connectivity index (χ2n) is 6.07. The Morgan fingerprint density at radius 1 is 1.15 bits per heavy atom.